The van der Waals surface area contributed by atoms with Crippen LogP contribution in [0.15, 0.2) is 177 Å². The number of hydrogen-bond acceptors (Lipinski definition) is 29. The van der Waals surface area contributed by atoms with Crippen molar-refractivity contribution >= 4 is 152 Å². The van der Waals surface area contributed by atoms with E-state index >= 15 is 0 Å². The smallest absolute Gasteiger partial charge is 0.425 e. The summed E-state index contributed by atoms with van der Waals surface area (Å²) in [6, 6.07) is 27.3. The second-order valence-electron chi connectivity index (χ2n) is 15.0. The highest BCUT2D eigenvalue weighted by Gasteiger charge is 2.25. The number of carbonyl (C=O) groups excluding carboxylic acids is 1. The molecule has 0 bridgehead atoms. The van der Waals surface area contributed by atoms with Gasteiger partial charge in [-0.1, -0.05) is 36.4 Å². The van der Waals surface area contributed by atoms with Gasteiger partial charge in [-0.3, -0.25) is 18.5 Å². The molecule has 32 nitrogen and oxygen atoms in total. The van der Waals surface area contributed by atoms with Crippen molar-refractivity contribution in [2.45, 2.75) is 14.7 Å². The Morgan fingerprint density at radius 2 is 0.926 bits per heavy atom. The average molecular weight is 1230 g/mol. The van der Waals surface area contributed by atoms with E-state index in [2.05, 4.69) is 40.9 Å². The molecule has 0 aliphatic carbocycles. The highest BCUT2D eigenvalue weighted by Crippen LogP contribution is 2.47. The minimum absolute atomic E-state index is 0.0142. The van der Waals surface area contributed by atoms with Crippen LogP contribution in [0, 0.1) is 0 Å². The number of phenols is 3. The zero-order valence-electron chi connectivity index (χ0n) is 39.4. The fourth-order valence-corrected chi connectivity index (χ4v) is 8.65. The molecule has 0 aliphatic rings. The summed E-state index contributed by atoms with van der Waals surface area (Å²) in [5, 5.41) is 66.0. The number of aromatic hydroxyl groups is 3. The maximum absolute atomic E-state index is 12.6. The van der Waals surface area contributed by atoms with Gasteiger partial charge < -0.3 is 25.8 Å². The number of benzene rings is 8. The largest absolute Gasteiger partial charge is 0.505 e. The van der Waals surface area contributed by atoms with Crippen LogP contribution < -0.4 is 10.5 Å². The molecule has 0 radical (unpaired) electrons. The van der Waals surface area contributed by atoms with Crippen molar-refractivity contribution < 1.29 is 102 Å². The van der Waals surface area contributed by atoms with Gasteiger partial charge in [0.2, 0.25) is 0 Å². The number of phenolic OH excluding ortho intramolecular Hbond substituents is 3. The lowest BCUT2D eigenvalue weighted by Crippen LogP contribution is -2.01. The summed E-state index contributed by atoms with van der Waals surface area (Å²) in [7, 11) is -24.3. The SMILES string of the molecule is Nc1c(N=Nc2ccc3cc(S(=O)(=O)O)c(N=Nc4cc(S(=O)(=O)O)ccc4OC=O)c(O)c3c2)cc(S(=O)(=O)O)c2ccc(N=Nc3ccc4c(O)c(N=Nc5ccccc5)ccc4c3)c(O)c12.O=S(=O)=O.O=S(=O)=O.O=S(=O)=O. The molecule has 0 spiro atoms. The van der Waals surface area contributed by atoms with Gasteiger partial charge >= 0.3 is 31.8 Å². The molecule has 420 valence electrons. The second-order valence-corrected chi connectivity index (χ2v) is 20.4. The van der Waals surface area contributed by atoms with E-state index in [1.807, 2.05) is 6.07 Å². The van der Waals surface area contributed by atoms with E-state index in [0.29, 0.717) is 16.5 Å². The van der Waals surface area contributed by atoms with Gasteiger partial charge in [0, 0.05) is 16.2 Å². The lowest BCUT2D eigenvalue weighted by Gasteiger charge is -2.12. The number of nitrogen functional groups attached to an aromatic ring is 1. The van der Waals surface area contributed by atoms with Crippen LogP contribution in [-0.2, 0) is 67.0 Å². The molecule has 0 saturated heterocycles. The minimum Gasteiger partial charge on any atom is -0.505 e. The van der Waals surface area contributed by atoms with E-state index in [1.165, 1.54) is 30.3 Å². The number of hydrogen-bond donors (Lipinski definition) is 7. The Morgan fingerprint density at radius 1 is 0.432 bits per heavy atom. The molecular weight excluding hydrogens is 1200 g/mol. The Hall–Kier alpha value is -9.80. The Labute approximate surface area is 457 Å². The molecular formula is C43H29N9O23S6. The van der Waals surface area contributed by atoms with Crippen molar-refractivity contribution in [1.29, 1.82) is 0 Å². The van der Waals surface area contributed by atoms with Crippen molar-refractivity contribution in [3.8, 4) is 23.0 Å². The first-order valence-corrected chi connectivity index (χ1v) is 28.1. The third-order valence-electron chi connectivity index (χ3n) is 10.0. The van der Waals surface area contributed by atoms with Crippen LogP contribution >= 0.6 is 0 Å². The molecule has 81 heavy (non-hydrogen) atoms. The number of anilines is 1. The Bertz CT molecular complexity index is 4610. The van der Waals surface area contributed by atoms with Gasteiger partial charge in [-0.25, -0.2) is 0 Å². The van der Waals surface area contributed by atoms with E-state index in [9.17, 15) is 59.0 Å². The lowest BCUT2D eigenvalue weighted by molar-refractivity contribution is -0.120. The van der Waals surface area contributed by atoms with Crippen LogP contribution in [0.4, 0.5) is 51.2 Å². The monoisotopic (exact) mass is 1230 g/mol. The summed E-state index contributed by atoms with van der Waals surface area (Å²) in [5.74, 6) is -2.12. The van der Waals surface area contributed by atoms with Gasteiger partial charge in [0.15, 0.2) is 23.0 Å². The van der Waals surface area contributed by atoms with Crippen LogP contribution in [0.5, 0.6) is 23.0 Å². The van der Waals surface area contributed by atoms with E-state index in [1.54, 1.807) is 48.5 Å². The van der Waals surface area contributed by atoms with E-state index in [4.69, 9.17) is 48.4 Å². The number of nitrogens with zero attached hydrogens (tertiary/aromatic N) is 8. The molecule has 8 rings (SSSR count). The summed E-state index contributed by atoms with van der Waals surface area (Å²) < 4.78 is 184. The van der Waals surface area contributed by atoms with Crippen LogP contribution in [0.3, 0.4) is 0 Å². The fourth-order valence-electron chi connectivity index (χ4n) is 6.78. The van der Waals surface area contributed by atoms with Crippen molar-refractivity contribution in [3.63, 3.8) is 0 Å². The predicted octanol–water partition coefficient (Wildman–Crippen LogP) is 7.77. The highest BCUT2D eigenvalue weighted by molar-refractivity contribution is 7.86. The molecule has 0 unspecified atom stereocenters. The number of fused-ring (bicyclic) bond motifs is 3. The number of carbonyl (C=O) groups is 1. The molecule has 0 heterocycles. The first-order valence-electron chi connectivity index (χ1n) is 20.7. The van der Waals surface area contributed by atoms with Gasteiger partial charge in [0.05, 0.1) is 33.0 Å². The van der Waals surface area contributed by atoms with Crippen molar-refractivity contribution in [2.24, 2.45) is 40.9 Å². The second kappa shape index (κ2) is 26.2. The zero-order chi connectivity index (χ0) is 60.1. The maximum Gasteiger partial charge on any atom is 0.425 e. The predicted molar refractivity (Wildman–Crippen MR) is 276 cm³/mol. The molecule has 0 fully saturated rings. The van der Waals surface area contributed by atoms with Gasteiger partial charge in [0.25, 0.3) is 36.8 Å². The summed E-state index contributed by atoms with van der Waals surface area (Å²) in [6.07, 6.45) is 0. The third-order valence-corrected chi connectivity index (χ3v) is 12.6. The van der Waals surface area contributed by atoms with Crippen molar-refractivity contribution in [1.82, 2.24) is 0 Å². The number of azo groups is 4. The van der Waals surface area contributed by atoms with Gasteiger partial charge in [0.1, 0.15) is 38.2 Å². The standard InChI is InChI=1S/C43H29N9O14S3.3O3S/c44-39-34(51-47-26-8-6-23-17-37(69(63,64)65)40(42(55)30(23)18-26)52-50-33-19-27(67(57,58)59)10-15-35(33)66-21-53)20-36(68(60,61)62)29-12-14-32(43(56)38(29)39)49-46-25-9-11-28-22(16-25)7-13-31(41(28)54)48-45-24-4-2-1-3-5-24;3*1-4(2)3/h1-21,54-56H,44H2,(H,57,58,59)(H,60,61,62)(H,63,64,65);;;. The molecule has 0 atom stereocenters. The van der Waals surface area contributed by atoms with E-state index < -0.39 is 111 Å². The first-order chi connectivity index (χ1) is 37.9. The molecule has 8 N–H and O–H groups in total. The highest BCUT2D eigenvalue weighted by atomic mass is 32.2. The van der Waals surface area contributed by atoms with Gasteiger partial charge in [-0.15, -0.1) is 63.5 Å². The van der Waals surface area contributed by atoms with Gasteiger partial charge in [-0.05, 0) is 95.7 Å². The minimum atomic E-state index is -5.15. The molecule has 0 saturated carbocycles. The summed E-state index contributed by atoms with van der Waals surface area (Å²) >= 11 is 0. The zero-order valence-corrected chi connectivity index (χ0v) is 44.3. The van der Waals surface area contributed by atoms with Gasteiger partial charge in [-0.2, -0.15) is 40.6 Å². The molecule has 0 aliphatic heterocycles. The molecule has 8 aromatic carbocycles. The number of nitrogens with two attached hydrogens (primary N) is 1. The summed E-state index contributed by atoms with van der Waals surface area (Å²) in [5.41, 5.74) is 5.09. The lowest BCUT2D eigenvalue weighted by atomic mass is 10.1. The van der Waals surface area contributed by atoms with Crippen LogP contribution in [-0.4, -0.2) is 98.6 Å². The van der Waals surface area contributed by atoms with Crippen LogP contribution in [0.2, 0.25) is 0 Å². The van der Waals surface area contributed by atoms with Crippen molar-refractivity contribution in [3.05, 3.63) is 121 Å². The van der Waals surface area contributed by atoms with Crippen LogP contribution in [0.25, 0.3) is 32.3 Å². The van der Waals surface area contributed by atoms with E-state index in [0.717, 1.165) is 36.4 Å². The maximum atomic E-state index is 12.6. The molecule has 8 aromatic rings. The Kier molecular flexibility index (Phi) is 20.1. The number of rotatable bonds is 13. The van der Waals surface area contributed by atoms with Crippen molar-refractivity contribution in [2.75, 3.05) is 5.73 Å². The quantitative estimate of drug-likeness (QED) is 0.0251. The summed E-state index contributed by atoms with van der Waals surface area (Å²) in [4.78, 5) is 8.64. The summed E-state index contributed by atoms with van der Waals surface area (Å²) in [6.45, 7) is -0.0447. The number of ether oxygens (including phenoxy) is 1. The normalized spacial score (nSPS) is 11.7. The third kappa shape index (κ3) is 16.6. The first kappa shape index (κ1) is 62.0. The average Bonchev–Trinajstić information content (AvgIpc) is 3.38. The topological polar surface area (TPSA) is 529 Å². The van der Waals surface area contributed by atoms with E-state index in [-0.39, 0.29) is 62.2 Å². The fraction of sp³-hybridized carbons (Fsp3) is 0. The van der Waals surface area contributed by atoms with Crippen LogP contribution in [0.1, 0.15) is 0 Å². The molecule has 38 heteroatoms. The Balaban J connectivity index is 0.000000914. The Morgan fingerprint density at radius 3 is 1.51 bits per heavy atom. The molecule has 0 amide bonds. The molecule has 0 aromatic heterocycles.